The van der Waals surface area contributed by atoms with Gasteiger partial charge in [0.05, 0.1) is 6.54 Å². The number of hydrogen-bond donors (Lipinski definition) is 0. The minimum absolute atomic E-state index is 0.184. The Hall–Kier alpha value is -1.25. The molecular formula is C11H11F2N. The molecule has 0 amide bonds. The molecule has 0 saturated heterocycles. The van der Waals surface area contributed by atoms with Gasteiger partial charge in [-0.1, -0.05) is 13.8 Å². The highest BCUT2D eigenvalue weighted by molar-refractivity contribution is 5.86. The quantitative estimate of drug-likeness (QED) is 0.653. The van der Waals surface area contributed by atoms with Crippen molar-refractivity contribution in [2.24, 2.45) is 4.99 Å². The van der Waals surface area contributed by atoms with Crippen molar-refractivity contribution in [3.63, 3.8) is 0 Å². The van der Waals surface area contributed by atoms with Gasteiger partial charge >= 0.3 is 0 Å². The molecule has 1 aliphatic heterocycles. The molecule has 0 unspecified atom stereocenters. The van der Waals surface area contributed by atoms with Gasteiger partial charge in [-0.3, -0.25) is 4.99 Å². The van der Waals surface area contributed by atoms with E-state index < -0.39 is 11.6 Å². The first kappa shape index (κ1) is 9.31. The van der Waals surface area contributed by atoms with E-state index in [9.17, 15) is 8.78 Å². The van der Waals surface area contributed by atoms with E-state index in [0.717, 1.165) is 11.1 Å². The van der Waals surface area contributed by atoms with Crippen LogP contribution in [0.3, 0.4) is 0 Å². The number of fused-ring (bicyclic) bond motifs is 1. The third kappa shape index (κ3) is 1.24. The molecule has 0 aromatic heterocycles. The van der Waals surface area contributed by atoms with Gasteiger partial charge in [-0.2, -0.15) is 0 Å². The predicted octanol–water partition coefficient (Wildman–Crippen LogP) is 3.02. The molecule has 1 heterocycles. The van der Waals surface area contributed by atoms with E-state index in [2.05, 4.69) is 4.99 Å². The zero-order valence-corrected chi connectivity index (χ0v) is 8.14. The maximum absolute atomic E-state index is 13.3. The van der Waals surface area contributed by atoms with E-state index in [1.54, 1.807) is 6.21 Å². The van der Waals surface area contributed by atoms with Crippen molar-refractivity contribution >= 4 is 6.21 Å². The molecule has 0 N–H and O–H groups in total. The average molecular weight is 195 g/mol. The summed E-state index contributed by atoms with van der Waals surface area (Å²) in [5, 5.41) is 0. The van der Waals surface area contributed by atoms with Gasteiger partial charge in [-0.25, -0.2) is 8.78 Å². The Labute approximate surface area is 81.5 Å². The molecule has 3 heteroatoms. The average Bonchev–Trinajstić information content (AvgIpc) is 2.59. The van der Waals surface area contributed by atoms with Crippen LogP contribution in [0.25, 0.3) is 0 Å². The van der Waals surface area contributed by atoms with Gasteiger partial charge in [0.1, 0.15) is 0 Å². The van der Waals surface area contributed by atoms with Crippen LogP contribution in [0.15, 0.2) is 11.1 Å². The summed E-state index contributed by atoms with van der Waals surface area (Å²) in [6.07, 6.45) is 1.63. The van der Waals surface area contributed by atoms with Crippen LogP contribution in [-0.4, -0.2) is 6.21 Å². The molecule has 0 atom stereocenters. The van der Waals surface area contributed by atoms with Crippen molar-refractivity contribution in [1.29, 1.82) is 0 Å². The van der Waals surface area contributed by atoms with E-state index in [4.69, 9.17) is 0 Å². The summed E-state index contributed by atoms with van der Waals surface area (Å²) >= 11 is 0. The summed E-state index contributed by atoms with van der Waals surface area (Å²) in [6.45, 7) is 4.18. The van der Waals surface area contributed by atoms with Gasteiger partial charge in [0, 0.05) is 17.3 Å². The highest BCUT2D eigenvalue weighted by Gasteiger charge is 2.20. The minimum atomic E-state index is -0.766. The number of halogens is 2. The van der Waals surface area contributed by atoms with Crippen molar-refractivity contribution in [2.75, 3.05) is 0 Å². The molecule has 0 aliphatic carbocycles. The number of hydrogen-bond acceptors (Lipinski definition) is 1. The molecule has 1 nitrogen and oxygen atoms in total. The van der Waals surface area contributed by atoms with E-state index >= 15 is 0 Å². The maximum atomic E-state index is 13.3. The van der Waals surface area contributed by atoms with E-state index in [1.807, 2.05) is 13.8 Å². The zero-order valence-electron chi connectivity index (χ0n) is 8.14. The molecule has 0 saturated carbocycles. The number of nitrogens with zero attached hydrogens (tertiary/aromatic N) is 1. The largest absolute Gasteiger partial charge is 0.288 e. The standard InChI is InChI=1S/C11H11F2N/c1-6(2)7-3-10(12)11(13)9-5-14-4-8(7)9/h3-4,6H,5H2,1-2H3. The lowest BCUT2D eigenvalue weighted by molar-refractivity contribution is 0.497. The van der Waals surface area contributed by atoms with E-state index in [0.29, 0.717) is 5.56 Å². The summed E-state index contributed by atoms with van der Waals surface area (Å²) in [5.74, 6) is -1.33. The Balaban J connectivity index is 2.68. The van der Waals surface area contributed by atoms with Crippen LogP contribution >= 0.6 is 0 Å². The van der Waals surface area contributed by atoms with Gasteiger partial charge in [0.2, 0.25) is 0 Å². The molecule has 0 radical (unpaired) electrons. The Morgan fingerprint density at radius 2 is 2.07 bits per heavy atom. The third-order valence-electron chi connectivity index (χ3n) is 2.48. The van der Waals surface area contributed by atoms with Crippen LogP contribution in [0.4, 0.5) is 8.78 Å². The topological polar surface area (TPSA) is 12.4 Å². The first-order valence-corrected chi connectivity index (χ1v) is 4.62. The second kappa shape index (κ2) is 3.15. The van der Waals surface area contributed by atoms with Gasteiger partial charge in [0.25, 0.3) is 0 Å². The highest BCUT2D eigenvalue weighted by Crippen LogP contribution is 2.28. The van der Waals surface area contributed by atoms with E-state index in [1.165, 1.54) is 6.07 Å². The van der Waals surface area contributed by atoms with Crippen LogP contribution in [0.5, 0.6) is 0 Å². The van der Waals surface area contributed by atoms with Crippen molar-refractivity contribution < 1.29 is 8.78 Å². The van der Waals surface area contributed by atoms with Gasteiger partial charge in [-0.05, 0) is 17.5 Å². The predicted molar refractivity (Wildman–Crippen MR) is 51.7 cm³/mol. The maximum Gasteiger partial charge on any atom is 0.164 e. The van der Waals surface area contributed by atoms with Crippen molar-refractivity contribution in [1.82, 2.24) is 0 Å². The fourth-order valence-corrected chi connectivity index (χ4v) is 1.73. The van der Waals surface area contributed by atoms with Crippen molar-refractivity contribution in [2.45, 2.75) is 26.3 Å². The molecular weight excluding hydrogens is 184 g/mol. The summed E-state index contributed by atoms with van der Waals surface area (Å²) < 4.78 is 26.5. The Bertz CT molecular complexity index is 408. The van der Waals surface area contributed by atoms with Crippen molar-refractivity contribution in [3.8, 4) is 0 Å². The van der Waals surface area contributed by atoms with Crippen LogP contribution in [-0.2, 0) is 6.54 Å². The first-order valence-electron chi connectivity index (χ1n) is 4.62. The Morgan fingerprint density at radius 3 is 2.71 bits per heavy atom. The third-order valence-corrected chi connectivity index (χ3v) is 2.48. The molecule has 1 aliphatic rings. The first-order chi connectivity index (χ1) is 6.61. The number of benzene rings is 1. The van der Waals surface area contributed by atoms with Gasteiger partial charge < -0.3 is 0 Å². The van der Waals surface area contributed by atoms with Crippen LogP contribution in [0.2, 0.25) is 0 Å². The summed E-state index contributed by atoms with van der Waals surface area (Å²) in [7, 11) is 0. The molecule has 1 aromatic rings. The zero-order chi connectivity index (χ0) is 10.3. The second-order valence-corrected chi connectivity index (χ2v) is 3.78. The fourth-order valence-electron chi connectivity index (χ4n) is 1.73. The lowest BCUT2D eigenvalue weighted by atomic mass is 9.94. The lowest BCUT2D eigenvalue weighted by Crippen LogP contribution is -2.02. The summed E-state index contributed by atoms with van der Waals surface area (Å²) in [6, 6.07) is 1.27. The number of rotatable bonds is 1. The molecule has 0 spiro atoms. The monoisotopic (exact) mass is 195 g/mol. The van der Waals surface area contributed by atoms with E-state index in [-0.39, 0.29) is 12.5 Å². The van der Waals surface area contributed by atoms with Gasteiger partial charge in [-0.15, -0.1) is 0 Å². The number of aliphatic imine (C=N–C) groups is 1. The Morgan fingerprint density at radius 1 is 1.36 bits per heavy atom. The normalized spacial score (nSPS) is 13.8. The smallest absolute Gasteiger partial charge is 0.164 e. The second-order valence-electron chi connectivity index (χ2n) is 3.78. The van der Waals surface area contributed by atoms with Crippen molar-refractivity contribution in [3.05, 3.63) is 34.4 Å². The summed E-state index contributed by atoms with van der Waals surface area (Å²) in [5.41, 5.74) is 1.99. The summed E-state index contributed by atoms with van der Waals surface area (Å²) in [4.78, 5) is 3.96. The van der Waals surface area contributed by atoms with Crippen LogP contribution < -0.4 is 0 Å². The SMILES string of the molecule is CC(C)c1cc(F)c(F)c2c1C=NC2. The molecule has 74 valence electrons. The molecule has 14 heavy (non-hydrogen) atoms. The van der Waals surface area contributed by atoms with Gasteiger partial charge in [0.15, 0.2) is 11.6 Å². The van der Waals surface area contributed by atoms with Crippen LogP contribution in [0.1, 0.15) is 36.5 Å². The lowest BCUT2D eigenvalue weighted by Gasteiger charge is -2.11. The fraction of sp³-hybridized carbons (Fsp3) is 0.364. The highest BCUT2D eigenvalue weighted by atomic mass is 19.2. The Kier molecular flexibility index (Phi) is 2.10. The molecule has 1 aromatic carbocycles. The van der Waals surface area contributed by atoms with Crippen LogP contribution in [0, 0.1) is 11.6 Å². The molecule has 0 fully saturated rings. The molecule has 2 rings (SSSR count). The minimum Gasteiger partial charge on any atom is -0.288 e. The molecule has 0 bridgehead atoms.